The Kier molecular flexibility index (Phi) is 8.72. The van der Waals surface area contributed by atoms with Gasteiger partial charge in [-0.25, -0.2) is 26.9 Å². The van der Waals surface area contributed by atoms with Gasteiger partial charge < -0.3 is 14.9 Å². The first kappa shape index (κ1) is 37.4. The fraction of sp³-hybridized carbons (Fsp3) is 0.314. The number of carbonyl (C=O) groups excluding carboxylic acids is 4. The fourth-order valence-corrected chi connectivity index (χ4v) is 8.99. The summed E-state index contributed by atoms with van der Waals surface area (Å²) < 4.78 is 117. The maximum absolute atomic E-state index is 15.2. The van der Waals surface area contributed by atoms with Crippen LogP contribution in [0.15, 0.2) is 54.1 Å². The molecule has 6 atom stereocenters. The van der Waals surface area contributed by atoms with Crippen molar-refractivity contribution in [3.63, 3.8) is 0 Å². The highest BCUT2D eigenvalue weighted by Gasteiger charge is 2.77. The largest absolute Gasteiger partial charge is 0.573 e. The third kappa shape index (κ3) is 5.33. The van der Waals surface area contributed by atoms with E-state index in [2.05, 4.69) is 4.74 Å². The molecule has 19 heteroatoms. The lowest BCUT2D eigenvalue weighted by Gasteiger charge is -2.50. The molecule has 3 fully saturated rings. The van der Waals surface area contributed by atoms with Gasteiger partial charge in [-0.3, -0.25) is 24.1 Å². The first-order chi connectivity index (χ1) is 25.2. The molecule has 2 heterocycles. The first-order valence-corrected chi connectivity index (χ1v) is 16.7. The van der Waals surface area contributed by atoms with Crippen molar-refractivity contribution in [2.45, 2.75) is 41.3 Å². The molecule has 2 aliphatic heterocycles. The van der Waals surface area contributed by atoms with E-state index in [1.807, 2.05) is 0 Å². The summed E-state index contributed by atoms with van der Waals surface area (Å²) in [5.41, 5.74) is -2.17. The number of ether oxygens (including phenoxy) is 1. The lowest BCUT2D eigenvalue weighted by molar-refractivity contribution is -0.274. The number of likely N-dealkylation sites (tertiary alicyclic amines) is 1. The molecular weight excluding hydrogens is 783 g/mol. The number of hydrogen-bond acceptors (Lipinski definition) is 7. The van der Waals surface area contributed by atoms with E-state index in [-0.39, 0.29) is 30.7 Å². The van der Waals surface area contributed by atoms with E-state index >= 15 is 8.78 Å². The van der Waals surface area contributed by atoms with Gasteiger partial charge in [-0.05, 0) is 61.1 Å². The standard InChI is InChI=1S/C35H22Cl2F8N2O7/c36-33-12-19-16(6-7-17-21(19)30(51)46(29(17)50)10-9-13-1-3-14(48)4-2-13)22(18-11-15(5-8-20(18)49)54-35(43,44)45)34(33,37)32(53)47(31(33)52)28-26(41)24(39)23(38)25(40)27(28)42/h1-6,8,11,17,19,21-22,48-49H,7,9-10,12H2. The molecular formula is C35H22Cl2F8N2O7. The number of phenolic OH excluding ortho intramolecular Hbond substituents is 2. The number of amides is 4. The minimum absolute atomic E-state index is 0.0332. The number of aromatic hydroxyl groups is 2. The summed E-state index contributed by atoms with van der Waals surface area (Å²) in [7, 11) is 0. The highest BCUT2D eigenvalue weighted by atomic mass is 35.5. The van der Waals surface area contributed by atoms with Crippen LogP contribution in [0.5, 0.6) is 17.2 Å². The predicted octanol–water partition coefficient (Wildman–Crippen LogP) is 6.50. The van der Waals surface area contributed by atoms with Crippen molar-refractivity contribution in [1.29, 1.82) is 0 Å². The number of rotatable bonds is 6. The van der Waals surface area contributed by atoms with Gasteiger partial charge in [0.15, 0.2) is 33.0 Å². The van der Waals surface area contributed by atoms with E-state index in [1.54, 1.807) is 12.1 Å². The topological polar surface area (TPSA) is 124 Å². The smallest absolute Gasteiger partial charge is 0.508 e. The maximum atomic E-state index is 15.2. The molecule has 3 aromatic rings. The first-order valence-electron chi connectivity index (χ1n) is 15.9. The van der Waals surface area contributed by atoms with Gasteiger partial charge in [0.25, 0.3) is 11.8 Å². The van der Waals surface area contributed by atoms with E-state index in [0.29, 0.717) is 23.8 Å². The van der Waals surface area contributed by atoms with Crippen LogP contribution in [0.3, 0.4) is 0 Å². The predicted molar refractivity (Wildman–Crippen MR) is 170 cm³/mol. The van der Waals surface area contributed by atoms with Crippen LogP contribution in [0, 0.1) is 46.8 Å². The van der Waals surface area contributed by atoms with Crippen LogP contribution in [0.4, 0.5) is 40.8 Å². The quantitative estimate of drug-likeness (QED) is 0.0729. The van der Waals surface area contributed by atoms with Gasteiger partial charge in [-0.15, -0.1) is 36.4 Å². The maximum Gasteiger partial charge on any atom is 0.573 e. The number of anilines is 1. The number of imide groups is 2. The second-order valence-electron chi connectivity index (χ2n) is 13.2. The normalized spacial score (nSPS) is 27.9. The van der Waals surface area contributed by atoms with E-state index in [4.69, 9.17) is 23.2 Å². The van der Waals surface area contributed by atoms with Crippen molar-refractivity contribution in [3.8, 4) is 17.2 Å². The second-order valence-corrected chi connectivity index (χ2v) is 14.4. The lowest BCUT2D eigenvalue weighted by Crippen LogP contribution is -2.60. The molecule has 0 radical (unpaired) electrons. The average molecular weight is 805 g/mol. The Labute approximate surface area is 308 Å². The average Bonchev–Trinajstić information content (AvgIpc) is 3.44. The summed E-state index contributed by atoms with van der Waals surface area (Å²) in [6, 6.07) is 7.87. The molecule has 0 bridgehead atoms. The van der Waals surface area contributed by atoms with E-state index in [0.717, 1.165) is 4.90 Å². The van der Waals surface area contributed by atoms with Crippen molar-refractivity contribution < 1.29 is 69.3 Å². The zero-order valence-electron chi connectivity index (χ0n) is 26.9. The zero-order chi connectivity index (χ0) is 39.4. The molecule has 0 aromatic heterocycles. The zero-order valence-corrected chi connectivity index (χ0v) is 28.4. The van der Waals surface area contributed by atoms with E-state index < -0.39 is 127 Å². The van der Waals surface area contributed by atoms with Crippen molar-refractivity contribution >= 4 is 52.5 Å². The Morgan fingerprint density at radius 1 is 0.815 bits per heavy atom. The van der Waals surface area contributed by atoms with Crippen LogP contribution in [0.2, 0.25) is 0 Å². The summed E-state index contributed by atoms with van der Waals surface area (Å²) in [6.45, 7) is -0.157. The number of phenols is 2. The van der Waals surface area contributed by atoms with Crippen LogP contribution >= 0.6 is 23.2 Å². The third-order valence-corrected chi connectivity index (χ3v) is 11.8. The van der Waals surface area contributed by atoms with Crippen LogP contribution < -0.4 is 9.64 Å². The summed E-state index contributed by atoms with van der Waals surface area (Å²) in [4.78, 5) is 50.8. The summed E-state index contributed by atoms with van der Waals surface area (Å²) in [5, 5.41) is 20.6. The van der Waals surface area contributed by atoms with Crippen molar-refractivity contribution in [2.24, 2.45) is 17.8 Å². The molecule has 4 amide bonds. The summed E-state index contributed by atoms with van der Waals surface area (Å²) in [5.74, 6) is -25.8. The van der Waals surface area contributed by atoms with E-state index in [9.17, 15) is 55.7 Å². The minimum atomic E-state index is -5.29. The van der Waals surface area contributed by atoms with Crippen molar-refractivity contribution in [1.82, 2.24) is 4.90 Å². The molecule has 6 unspecified atom stereocenters. The SMILES string of the molecule is O=C1C2CC=C3C(CC4(Cl)C(=O)N(c5c(F)c(F)c(F)c(F)c5F)C(=O)C4(Cl)C3c3cc(OC(F)(F)F)ccc3O)C2C(=O)N1CCc1ccc(O)cc1. The van der Waals surface area contributed by atoms with Gasteiger partial charge in [0.05, 0.1) is 11.8 Å². The molecule has 4 aliphatic rings. The molecule has 2 saturated heterocycles. The lowest BCUT2D eigenvalue weighted by atomic mass is 9.56. The van der Waals surface area contributed by atoms with Gasteiger partial charge in [-0.2, -0.15) is 0 Å². The molecule has 1 saturated carbocycles. The number of alkyl halides is 5. The van der Waals surface area contributed by atoms with E-state index in [1.165, 1.54) is 18.2 Å². The van der Waals surface area contributed by atoms with Crippen LogP contribution in [-0.4, -0.2) is 61.4 Å². The molecule has 54 heavy (non-hydrogen) atoms. The monoisotopic (exact) mass is 804 g/mol. The second kappa shape index (κ2) is 12.6. The van der Waals surface area contributed by atoms with Gasteiger partial charge in [0.1, 0.15) is 22.9 Å². The Morgan fingerprint density at radius 2 is 1.43 bits per heavy atom. The number of allylic oxidation sites excluding steroid dienone is 2. The molecule has 2 aliphatic carbocycles. The molecule has 0 spiro atoms. The number of halogens is 10. The number of benzene rings is 3. The summed E-state index contributed by atoms with van der Waals surface area (Å²) in [6.07, 6.45) is -4.93. The number of hydrogen-bond donors (Lipinski definition) is 2. The van der Waals surface area contributed by atoms with Gasteiger partial charge >= 0.3 is 6.36 Å². The highest BCUT2D eigenvalue weighted by Crippen LogP contribution is 2.67. The fourth-order valence-electron chi connectivity index (χ4n) is 8.06. The van der Waals surface area contributed by atoms with Crippen LogP contribution in [-0.2, 0) is 25.6 Å². The van der Waals surface area contributed by atoms with Gasteiger partial charge in [0, 0.05) is 18.0 Å². The molecule has 2 N–H and O–H groups in total. The summed E-state index contributed by atoms with van der Waals surface area (Å²) >= 11 is 14.0. The number of carbonyl (C=O) groups is 4. The molecule has 3 aromatic carbocycles. The van der Waals surface area contributed by atoms with Gasteiger partial charge in [-0.1, -0.05) is 23.8 Å². The Morgan fingerprint density at radius 3 is 2.04 bits per heavy atom. The Bertz CT molecular complexity index is 2170. The third-order valence-electron chi connectivity index (χ3n) is 10.4. The molecule has 7 rings (SSSR count). The Balaban J connectivity index is 1.38. The number of fused-ring (bicyclic) bond motifs is 4. The van der Waals surface area contributed by atoms with Crippen molar-refractivity contribution in [3.05, 3.63) is 94.3 Å². The number of nitrogens with zero attached hydrogens (tertiary/aromatic N) is 2. The highest BCUT2D eigenvalue weighted by molar-refractivity contribution is 6.58. The minimum Gasteiger partial charge on any atom is -0.508 e. The molecule has 284 valence electrons. The van der Waals surface area contributed by atoms with Crippen LogP contribution in [0.25, 0.3) is 0 Å². The molecule has 9 nitrogen and oxygen atoms in total. The van der Waals surface area contributed by atoms with Crippen LogP contribution in [0.1, 0.15) is 29.9 Å². The van der Waals surface area contributed by atoms with Gasteiger partial charge in [0.2, 0.25) is 17.6 Å². The Hall–Kier alpha value is -4.90. The van der Waals surface area contributed by atoms with Crippen molar-refractivity contribution in [2.75, 3.05) is 11.4 Å².